The third kappa shape index (κ3) is 4.04. The third-order valence-electron chi connectivity index (χ3n) is 5.08. The lowest BCUT2D eigenvalue weighted by Crippen LogP contribution is -1.98. The van der Waals surface area contributed by atoms with Gasteiger partial charge in [0, 0.05) is 11.4 Å². The largest absolute Gasteiger partial charge is 0.355 e. The van der Waals surface area contributed by atoms with Gasteiger partial charge >= 0.3 is 0 Å². The van der Waals surface area contributed by atoms with Crippen LogP contribution >= 0.6 is 0 Å². The minimum absolute atomic E-state index is 0.789. The van der Waals surface area contributed by atoms with Gasteiger partial charge in [-0.2, -0.15) is 0 Å². The average molecular weight is 332 g/mol. The molecule has 0 radical (unpaired) electrons. The minimum Gasteiger partial charge on any atom is -0.355 e. The van der Waals surface area contributed by atoms with Crippen molar-refractivity contribution in [1.82, 2.24) is 0 Å². The van der Waals surface area contributed by atoms with Crippen LogP contribution in [0.1, 0.15) is 49.3 Å². The van der Waals surface area contributed by atoms with Crippen molar-refractivity contribution in [1.29, 1.82) is 0 Å². The Bertz CT molecular complexity index is 793. The highest BCUT2D eigenvalue weighted by atomic mass is 14.9. The molecule has 25 heavy (non-hydrogen) atoms. The number of nitrogens with one attached hydrogen (secondary N) is 1. The monoisotopic (exact) mass is 331 g/mol. The summed E-state index contributed by atoms with van der Waals surface area (Å²) in [5.74, 6) is 0.789. The number of para-hydroxylation sites is 1. The Labute approximate surface area is 152 Å². The third-order valence-corrected chi connectivity index (χ3v) is 5.08. The van der Waals surface area contributed by atoms with E-state index >= 15 is 0 Å². The number of rotatable bonds is 7. The van der Waals surface area contributed by atoms with Crippen LogP contribution in [0.5, 0.6) is 0 Å². The molecule has 1 fully saturated rings. The lowest BCUT2D eigenvalue weighted by atomic mass is 9.91. The summed E-state index contributed by atoms with van der Waals surface area (Å²) in [6.07, 6.45) is 7.15. The lowest BCUT2D eigenvalue weighted by Gasteiger charge is -2.16. The average Bonchev–Trinajstić information content (AvgIpc) is 3.43. The zero-order valence-corrected chi connectivity index (χ0v) is 15.7. The maximum Gasteiger partial charge on any atom is 0.0413 e. The molecule has 0 aliphatic heterocycles. The first-order valence-corrected chi connectivity index (χ1v) is 9.43. The van der Waals surface area contributed by atoms with Crippen LogP contribution in [0.4, 0.5) is 11.4 Å². The van der Waals surface area contributed by atoms with E-state index in [-0.39, 0.29) is 0 Å². The number of benzene rings is 2. The molecule has 0 atom stereocenters. The van der Waals surface area contributed by atoms with Gasteiger partial charge in [0.2, 0.25) is 0 Å². The van der Waals surface area contributed by atoms with Crippen LogP contribution in [0.2, 0.25) is 0 Å². The molecule has 1 aliphatic carbocycles. The molecule has 0 amide bonds. The summed E-state index contributed by atoms with van der Waals surface area (Å²) in [5.41, 5.74) is 9.18. The molecule has 1 saturated carbocycles. The van der Waals surface area contributed by atoms with Crippen molar-refractivity contribution in [3.63, 3.8) is 0 Å². The molecule has 2 aromatic carbocycles. The van der Waals surface area contributed by atoms with Gasteiger partial charge in [0.1, 0.15) is 0 Å². The molecule has 1 N–H and O–H groups in total. The number of hydrogen-bond donors (Lipinski definition) is 1. The van der Waals surface area contributed by atoms with Crippen LogP contribution < -0.4 is 5.32 Å². The summed E-state index contributed by atoms with van der Waals surface area (Å²) < 4.78 is 0. The molecule has 0 saturated heterocycles. The molecule has 1 aliphatic rings. The molecule has 0 heterocycles. The first-order valence-electron chi connectivity index (χ1n) is 9.43. The first-order chi connectivity index (χ1) is 12.1. The van der Waals surface area contributed by atoms with Gasteiger partial charge in [0.15, 0.2) is 0 Å². The van der Waals surface area contributed by atoms with E-state index in [1.807, 2.05) is 0 Å². The molecular weight excluding hydrogens is 302 g/mol. The van der Waals surface area contributed by atoms with E-state index in [4.69, 9.17) is 0 Å². The van der Waals surface area contributed by atoms with E-state index < -0.39 is 0 Å². The van der Waals surface area contributed by atoms with Crippen LogP contribution in [0.3, 0.4) is 0 Å². The lowest BCUT2D eigenvalue weighted by molar-refractivity contribution is 0.827. The van der Waals surface area contributed by atoms with Gasteiger partial charge in [0.05, 0.1) is 0 Å². The van der Waals surface area contributed by atoms with Gasteiger partial charge in [-0.1, -0.05) is 55.8 Å². The predicted octanol–water partition coefficient (Wildman–Crippen LogP) is 7.20. The van der Waals surface area contributed by atoms with Crippen LogP contribution in [0.25, 0.3) is 5.57 Å². The molecule has 0 unspecified atom stereocenters. The number of hydrogen-bond acceptors (Lipinski definition) is 1. The standard InChI is InChI=1S/C24H29N/c1-5-9-23(19-12-13-19)21(6-2)22-15-14-20(16-18(22)4)25-24-11-8-7-10-17(24)3/h6-8,10-11,14-16,19,25H,2,5,9,12-13H2,1,3-4H3/b23-21-. The first kappa shape index (κ1) is 17.5. The van der Waals surface area contributed by atoms with Crippen molar-refractivity contribution in [3.05, 3.63) is 77.4 Å². The SMILES string of the molecule is C=C/C(=C(\CCC)C1CC1)c1ccc(Nc2ccccc2C)cc1C. The van der Waals surface area contributed by atoms with Crippen LogP contribution in [0, 0.1) is 19.8 Å². The Morgan fingerprint density at radius 2 is 1.88 bits per heavy atom. The van der Waals surface area contributed by atoms with Crippen molar-refractivity contribution >= 4 is 16.9 Å². The van der Waals surface area contributed by atoms with Crippen molar-refractivity contribution in [2.75, 3.05) is 5.32 Å². The molecule has 3 rings (SSSR count). The summed E-state index contributed by atoms with van der Waals surface area (Å²) >= 11 is 0. The second kappa shape index (κ2) is 7.74. The highest BCUT2D eigenvalue weighted by molar-refractivity contribution is 5.80. The minimum atomic E-state index is 0.789. The van der Waals surface area contributed by atoms with Gasteiger partial charge in [0.25, 0.3) is 0 Å². The summed E-state index contributed by atoms with van der Waals surface area (Å²) in [7, 11) is 0. The van der Waals surface area contributed by atoms with Crippen LogP contribution in [-0.2, 0) is 0 Å². The Morgan fingerprint density at radius 1 is 1.12 bits per heavy atom. The molecule has 130 valence electrons. The fraction of sp³-hybridized carbons (Fsp3) is 0.333. The molecule has 0 aromatic heterocycles. The zero-order valence-electron chi connectivity index (χ0n) is 15.7. The van der Waals surface area contributed by atoms with Gasteiger partial charge < -0.3 is 5.32 Å². The number of allylic oxidation sites excluding steroid dienone is 3. The smallest absolute Gasteiger partial charge is 0.0413 e. The summed E-state index contributed by atoms with van der Waals surface area (Å²) in [5, 5.41) is 3.54. The quantitative estimate of drug-likeness (QED) is 0.529. The van der Waals surface area contributed by atoms with E-state index in [1.165, 1.54) is 53.6 Å². The normalized spacial score (nSPS) is 14.8. The summed E-state index contributed by atoms with van der Waals surface area (Å²) in [6.45, 7) is 10.7. The molecule has 1 heteroatoms. The van der Waals surface area contributed by atoms with Gasteiger partial charge in [-0.05, 0) is 79.5 Å². The van der Waals surface area contributed by atoms with E-state index in [2.05, 4.69) is 81.2 Å². The highest BCUT2D eigenvalue weighted by Gasteiger charge is 2.27. The maximum absolute atomic E-state index is 4.12. The fourth-order valence-corrected chi connectivity index (χ4v) is 3.59. The number of anilines is 2. The second-order valence-electron chi connectivity index (χ2n) is 7.14. The van der Waals surface area contributed by atoms with E-state index in [1.54, 1.807) is 5.57 Å². The van der Waals surface area contributed by atoms with Crippen molar-refractivity contribution < 1.29 is 0 Å². The second-order valence-corrected chi connectivity index (χ2v) is 7.14. The van der Waals surface area contributed by atoms with Gasteiger partial charge in [-0.3, -0.25) is 0 Å². The van der Waals surface area contributed by atoms with E-state index in [0.29, 0.717) is 0 Å². The zero-order chi connectivity index (χ0) is 17.8. The molecule has 1 nitrogen and oxygen atoms in total. The Hall–Kier alpha value is -2.28. The van der Waals surface area contributed by atoms with E-state index in [9.17, 15) is 0 Å². The van der Waals surface area contributed by atoms with Crippen molar-refractivity contribution in [2.45, 2.75) is 46.5 Å². The molecule has 0 bridgehead atoms. The molecule has 0 spiro atoms. The van der Waals surface area contributed by atoms with Crippen LogP contribution in [0.15, 0.2) is 60.7 Å². The van der Waals surface area contributed by atoms with Gasteiger partial charge in [-0.15, -0.1) is 0 Å². The Balaban J connectivity index is 1.92. The Kier molecular flexibility index (Phi) is 5.43. The maximum atomic E-state index is 4.12. The molecular formula is C24H29N. The Morgan fingerprint density at radius 3 is 2.48 bits per heavy atom. The van der Waals surface area contributed by atoms with E-state index in [0.717, 1.165) is 11.6 Å². The molecule has 2 aromatic rings. The van der Waals surface area contributed by atoms with Crippen molar-refractivity contribution in [2.24, 2.45) is 5.92 Å². The fourth-order valence-electron chi connectivity index (χ4n) is 3.59. The number of aryl methyl sites for hydroxylation is 2. The topological polar surface area (TPSA) is 12.0 Å². The highest BCUT2D eigenvalue weighted by Crippen LogP contribution is 2.43. The summed E-state index contributed by atoms with van der Waals surface area (Å²) in [6, 6.07) is 15.1. The van der Waals surface area contributed by atoms with Crippen molar-refractivity contribution in [3.8, 4) is 0 Å². The summed E-state index contributed by atoms with van der Waals surface area (Å²) in [4.78, 5) is 0. The van der Waals surface area contributed by atoms with Crippen LogP contribution in [-0.4, -0.2) is 0 Å². The predicted molar refractivity (Wildman–Crippen MR) is 110 cm³/mol. The van der Waals surface area contributed by atoms with Gasteiger partial charge in [-0.25, -0.2) is 0 Å².